The Morgan fingerprint density at radius 3 is 2.56 bits per heavy atom. The molecule has 3 unspecified atom stereocenters. The smallest absolute Gasteiger partial charge is 0.312 e. The summed E-state index contributed by atoms with van der Waals surface area (Å²) < 4.78 is 12.3. The molecule has 0 saturated carbocycles. The SMILES string of the molecule is C=CCCCOC(=O)[C@H]1[C@@H]2OC3(CC2Br)C(C(=O)N(CC=C)c2c(C)cccc2C)N([C@@H](CO)[C@@H](C)CC)C(=O)[C@H]13. The lowest BCUT2D eigenvalue weighted by Gasteiger charge is -2.41. The van der Waals surface area contributed by atoms with Crippen molar-refractivity contribution in [1.82, 2.24) is 4.90 Å². The molecule has 2 bridgehead atoms. The number of anilines is 1. The number of fused-ring (bicyclic) bond motifs is 1. The third kappa shape index (κ3) is 5.30. The van der Waals surface area contributed by atoms with Gasteiger partial charge < -0.3 is 24.4 Å². The molecule has 0 aliphatic carbocycles. The van der Waals surface area contributed by atoms with E-state index < -0.39 is 41.6 Å². The van der Waals surface area contributed by atoms with Crippen LogP contribution in [0, 0.1) is 31.6 Å². The minimum absolute atomic E-state index is 0.0937. The van der Waals surface area contributed by atoms with Crippen LogP contribution in [0.2, 0.25) is 0 Å². The molecule has 3 heterocycles. The number of ether oxygens (including phenoxy) is 2. The molecular formula is C32H43BrN2O6. The number of aliphatic hydroxyl groups is 1. The number of rotatable bonds is 13. The number of para-hydroxylation sites is 1. The van der Waals surface area contributed by atoms with Crippen molar-refractivity contribution in [3.05, 3.63) is 54.6 Å². The monoisotopic (exact) mass is 630 g/mol. The highest BCUT2D eigenvalue weighted by Crippen LogP contribution is 2.61. The minimum atomic E-state index is -1.24. The van der Waals surface area contributed by atoms with Crippen LogP contribution in [0.25, 0.3) is 0 Å². The van der Waals surface area contributed by atoms with Gasteiger partial charge in [-0.15, -0.1) is 13.2 Å². The summed E-state index contributed by atoms with van der Waals surface area (Å²) in [5.41, 5.74) is 1.35. The number of allylic oxidation sites excluding steroid dienone is 1. The van der Waals surface area contributed by atoms with Gasteiger partial charge in [0, 0.05) is 17.1 Å². The van der Waals surface area contributed by atoms with E-state index >= 15 is 0 Å². The van der Waals surface area contributed by atoms with Gasteiger partial charge in [0.05, 0.1) is 37.2 Å². The van der Waals surface area contributed by atoms with Crippen LogP contribution < -0.4 is 4.90 Å². The summed E-state index contributed by atoms with van der Waals surface area (Å²) in [6.07, 6.45) is 5.26. The van der Waals surface area contributed by atoms with Crippen LogP contribution in [-0.2, 0) is 23.9 Å². The number of unbranched alkanes of at least 4 members (excludes halogenated alkanes) is 1. The van der Waals surface area contributed by atoms with Crippen LogP contribution in [0.5, 0.6) is 0 Å². The normalized spacial score (nSPS) is 29.7. The Labute approximate surface area is 251 Å². The van der Waals surface area contributed by atoms with Crippen molar-refractivity contribution in [2.24, 2.45) is 17.8 Å². The van der Waals surface area contributed by atoms with Gasteiger partial charge in [-0.1, -0.05) is 66.5 Å². The lowest BCUT2D eigenvalue weighted by molar-refractivity contribution is -0.156. The minimum Gasteiger partial charge on any atom is -0.465 e. The summed E-state index contributed by atoms with van der Waals surface area (Å²) in [4.78, 5) is 45.8. The van der Waals surface area contributed by atoms with Crippen molar-refractivity contribution in [3.8, 4) is 0 Å². The maximum atomic E-state index is 14.9. The van der Waals surface area contributed by atoms with Crippen LogP contribution in [0.4, 0.5) is 5.69 Å². The first-order valence-corrected chi connectivity index (χ1v) is 15.5. The molecule has 0 radical (unpaired) electrons. The van der Waals surface area contributed by atoms with Gasteiger partial charge in [-0.2, -0.15) is 0 Å². The fraction of sp³-hybridized carbons (Fsp3) is 0.594. The van der Waals surface area contributed by atoms with Gasteiger partial charge in [0.2, 0.25) is 5.91 Å². The van der Waals surface area contributed by atoms with Crippen molar-refractivity contribution < 1.29 is 29.0 Å². The maximum absolute atomic E-state index is 14.9. The van der Waals surface area contributed by atoms with E-state index in [0.717, 1.165) is 16.8 Å². The second-order valence-electron chi connectivity index (χ2n) is 11.6. The van der Waals surface area contributed by atoms with Crippen molar-refractivity contribution in [3.63, 3.8) is 0 Å². The average Bonchev–Trinajstić information content (AvgIpc) is 3.54. The second kappa shape index (κ2) is 12.8. The zero-order chi connectivity index (χ0) is 30.1. The number of carbonyl (C=O) groups is 3. The van der Waals surface area contributed by atoms with Gasteiger partial charge in [-0.3, -0.25) is 14.4 Å². The standard InChI is InChI=1S/C32H43BrN2O6/c1-7-10-11-16-40-31(39)24-25-29(37)35(23(18-36)19(4)9-3)28(32(25)17-22(33)27(24)41-32)30(38)34(15-8-2)26-20(5)13-12-14-21(26)6/h7-8,12-14,19,22-25,27-28,36H,1-2,9-11,15-18H2,3-6H3/t19-,22?,23-,24+,25-,27+,28?,32?/m0/s1. The number of likely N-dealkylation sites (tertiary alicyclic amines) is 1. The van der Waals surface area contributed by atoms with Crippen LogP contribution in [-0.4, -0.2) is 76.2 Å². The molecule has 9 heteroatoms. The number of nitrogens with zero attached hydrogens (tertiary/aromatic N) is 2. The van der Waals surface area contributed by atoms with E-state index in [0.29, 0.717) is 25.7 Å². The Morgan fingerprint density at radius 1 is 1.29 bits per heavy atom. The predicted octanol–water partition coefficient (Wildman–Crippen LogP) is 4.49. The maximum Gasteiger partial charge on any atom is 0.312 e. The fourth-order valence-corrected chi connectivity index (χ4v) is 8.03. The molecule has 1 spiro atoms. The lowest BCUT2D eigenvalue weighted by Crippen LogP contribution is -2.60. The van der Waals surface area contributed by atoms with E-state index in [4.69, 9.17) is 9.47 Å². The van der Waals surface area contributed by atoms with Crippen molar-refractivity contribution in [2.75, 3.05) is 24.7 Å². The van der Waals surface area contributed by atoms with Gasteiger partial charge in [0.25, 0.3) is 5.91 Å². The topological polar surface area (TPSA) is 96.4 Å². The highest BCUT2D eigenvalue weighted by atomic mass is 79.9. The Hall–Kier alpha value is -2.49. The first-order chi connectivity index (χ1) is 19.6. The zero-order valence-electron chi connectivity index (χ0n) is 24.6. The highest BCUT2D eigenvalue weighted by molar-refractivity contribution is 9.09. The molecule has 8 nitrogen and oxygen atoms in total. The Balaban J connectivity index is 1.83. The number of amides is 2. The van der Waals surface area contributed by atoms with E-state index in [1.807, 2.05) is 45.9 Å². The molecule has 3 fully saturated rings. The molecule has 1 N–H and O–H groups in total. The van der Waals surface area contributed by atoms with Crippen LogP contribution in [0.15, 0.2) is 43.5 Å². The van der Waals surface area contributed by atoms with Crippen molar-refractivity contribution in [1.29, 1.82) is 0 Å². The first-order valence-electron chi connectivity index (χ1n) is 14.6. The number of halogens is 1. The van der Waals surface area contributed by atoms with E-state index in [9.17, 15) is 19.5 Å². The molecule has 2 amide bonds. The Kier molecular flexibility index (Phi) is 9.81. The fourth-order valence-electron chi connectivity index (χ4n) is 7.08. The second-order valence-corrected chi connectivity index (χ2v) is 12.8. The quantitative estimate of drug-likeness (QED) is 0.149. The largest absolute Gasteiger partial charge is 0.465 e. The number of hydrogen-bond acceptors (Lipinski definition) is 6. The molecule has 4 rings (SSSR count). The van der Waals surface area contributed by atoms with E-state index in [-0.39, 0.29) is 42.3 Å². The summed E-state index contributed by atoms with van der Waals surface area (Å²) in [5.74, 6) is -2.96. The number of alkyl halides is 1. The molecule has 3 saturated heterocycles. The number of aryl methyl sites for hydroxylation is 2. The predicted molar refractivity (Wildman–Crippen MR) is 162 cm³/mol. The third-order valence-electron chi connectivity index (χ3n) is 9.16. The number of aliphatic hydroxyl groups excluding tert-OH is 1. The van der Waals surface area contributed by atoms with Crippen molar-refractivity contribution in [2.45, 2.75) is 82.0 Å². The molecular weight excluding hydrogens is 588 g/mol. The molecule has 3 aliphatic rings. The molecule has 41 heavy (non-hydrogen) atoms. The zero-order valence-corrected chi connectivity index (χ0v) is 26.1. The Bertz CT molecular complexity index is 1170. The summed E-state index contributed by atoms with van der Waals surface area (Å²) in [6, 6.07) is 4.19. The Morgan fingerprint density at radius 2 is 1.98 bits per heavy atom. The average molecular weight is 632 g/mol. The van der Waals surface area contributed by atoms with Crippen LogP contribution >= 0.6 is 15.9 Å². The number of benzene rings is 1. The summed E-state index contributed by atoms with van der Waals surface area (Å²) >= 11 is 3.71. The van der Waals surface area contributed by atoms with Crippen molar-refractivity contribution >= 4 is 39.4 Å². The van der Waals surface area contributed by atoms with E-state index in [2.05, 4.69) is 29.1 Å². The molecule has 1 aromatic rings. The van der Waals surface area contributed by atoms with Gasteiger partial charge >= 0.3 is 5.97 Å². The third-order valence-corrected chi connectivity index (χ3v) is 10.0. The van der Waals surface area contributed by atoms with E-state index in [1.165, 1.54) is 0 Å². The molecule has 3 aliphatic heterocycles. The number of esters is 1. The highest BCUT2D eigenvalue weighted by Gasteiger charge is 2.77. The molecule has 8 atom stereocenters. The van der Waals surface area contributed by atoms with Gasteiger partial charge in [-0.25, -0.2) is 0 Å². The van der Waals surface area contributed by atoms with Crippen LogP contribution in [0.3, 0.4) is 0 Å². The first kappa shape index (κ1) is 31.4. The van der Waals surface area contributed by atoms with Gasteiger partial charge in [0.15, 0.2) is 0 Å². The summed E-state index contributed by atoms with van der Waals surface area (Å²) in [5, 5.41) is 10.6. The molecule has 0 aromatic heterocycles. The van der Waals surface area contributed by atoms with Gasteiger partial charge in [-0.05, 0) is 50.2 Å². The number of hydrogen-bond donors (Lipinski definition) is 1. The summed E-state index contributed by atoms with van der Waals surface area (Å²) in [6.45, 7) is 15.6. The lowest BCUT2D eigenvalue weighted by atomic mass is 9.70. The number of carbonyl (C=O) groups excluding carboxylic acids is 3. The van der Waals surface area contributed by atoms with Gasteiger partial charge in [0.1, 0.15) is 11.6 Å². The molecule has 224 valence electrons. The molecule has 1 aromatic carbocycles. The van der Waals surface area contributed by atoms with E-state index in [1.54, 1.807) is 22.0 Å². The van der Waals surface area contributed by atoms with Crippen LogP contribution in [0.1, 0.15) is 50.7 Å². The summed E-state index contributed by atoms with van der Waals surface area (Å²) in [7, 11) is 0.